The van der Waals surface area contributed by atoms with Gasteiger partial charge in [0.05, 0.1) is 12.8 Å². The van der Waals surface area contributed by atoms with Crippen LogP contribution in [0.2, 0.25) is 0 Å². The number of hydrogen-bond acceptors (Lipinski definition) is 5. The molecule has 0 aliphatic heterocycles. The molecule has 0 aromatic heterocycles. The van der Waals surface area contributed by atoms with Crippen LogP contribution < -0.4 is 10.6 Å². The fourth-order valence-electron chi connectivity index (χ4n) is 3.20. The lowest BCUT2D eigenvalue weighted by molar-refractivity contribution is -0.159. The number of unbranched alkanes of at least 4 members (excludes halogenated alkanes) is 5. The summed E-state index contributed by atoms with van der Waals surface area (Å²) in [5, 5.41) is 18.1. The fraction of sp³-hybridized carbons (Fsp3) is 0.375. The third kappa shape index (κ3) is 8.77. The summed E-state index contributed by atoms with van der Waals surface area (Å²) >= 11 is 0. The zero-order valence-electron chi connectivity index (χ0n) is 18.4. The van der Waals surface area contributed by atoms with Crippen molar-refractivity contribution in [2.45, 2.75) is 38.5 Å². The van der Waals surface area contributed by atoms with Crippen LogP contribution in [-0.4, -0.2) is 48.4 Å². The fourth-order valence-corrected chi connectivity index (χ4v) is 3.20. The molecule has 0 atom stereocenters. The third-order valence-corrected chi connectivity index (χ3v) is 4.94. The molecule has 2 rings (SSSR count). The van der Waals surface area contributed by atoms with Crippen LogP contribution >= 0.6 is 0 Å². The molecule has 0 unspecified atom stereocenters. The molecule has 0 fully saturated rings. The molecular formula is C24H31N3O5. The monoisotopic (exact) mass is 441 g/mol. The molecular weight excluding hydrogens is 410 g/mol. The number of hydroxylamine groups is 2. The van der Waals surface area contributed by atoms with Gasteiger partial charge in [-0.1, -0.05) is 62.1 Å². The lowest BCUT2D eigenvalue weighted by Crippen LogP contribution is -2.29. The van der Waals surface area contributed by atoms with E-state index in [2.05, 4.69) is 15.4 Å². The number of rotatable bonds is 12. The van der Waals surface area contributed by atoms with Gasteiger partial charge in [-0.2, -0.15) is 0 Å². The van der Waals surface area contributed by atoms with E-state index in [-0.39, 0.29) is 12.6 Å². The van der Waals surface area contributed by atoms with Crippen molar-refractivity contribution in [1.29, 1.82) is 0 Å². The maximum Gasteiger partial charge on any atom is 0.330 e. The highest BCUT2D eigenvalue weighted by atomic mass is 16.5. The zero-order chi connectivity index (χ0) is 23.2. The van der Waals surface area contributed by atoms with Crippen LogP contribution in [-0.2, 0) is 14.3 Å². The van der Waals surface area contributed by atoms with E-state index in [1.54, 1.807) is 0 Å². The van der Waals surface area contributed by atoms with Gasteiger partial charge in [-0.25, -0.2) is 14.7 Å². The van der Waals surface area contributed by atoms with E-state index < -0.39 is 11.9 Å². The van der Waals surface area contributed by atoms with Crippen LogP contribution in [0.5, 0.6) is 0 Å². The Hall–Kier alpha value is -3.39. The van der Waals surface area contributed by atoms with Crippen molar-refractivity contribution in [3.05, 3.63) is 54.6 Å². The quantitative estimate of drug-likeness (QED) is 0.150. The van der Waals surface area contributed by atoms with Crippen molar-refractivity contribution in [1.82, 2.24) is 10.4 Å². The summed E-state index contributed by atoms with van der Waals surface area (Å²) in [5.74, 6) is -1.30. The molecule has 0 aliphatic rings. The second-order valence-corrected chi connectivity index (χ2v) is 7.35. The van der Waals surface area contributed by atoms with Gasteiger partial charge in [0.25, 0.3) is 5.91 Å². The molecule has 3 N–H and O–H groups in total. The van der Waals surface area contributed by atoms with Crippen LogP contribution in [0.15, 0.2) is 54.6 Å². The Morgan fingerprint density at radius 1 is 0.938 bits per heavy atom. The van der Waals surface area contributed by atoms with Crippen molar-refractivity contribution in [3.63, 3.8) is 0 Å². The standard InChI is InChI=1S/C24H31N3O5/c1-32-23(29)16-15-22(28)27(31)18-9-5-3-2-4-8-17-25-24(30)26-21-14-10-12-19-11-6-7-13-20(19)21/h6-7,10-16,31H,2-5,8-9,17-18H2,1H3,(H2,25,26,30)/b16-15+. The number of carbonyl (C=O) groups is 3. The molecule has 0 bridgehead atoms. The van der Waals surface area contributed by atoms with E-state index in [4.69, 9.17) is 0 Å². The summed E-state index contributed by atoms with van der Waals surface area (Å²) in [6.45, 7) is 0.808. The van der Waals surface area contributed by atoms with Crippen molar-refractivity contribution in [2.75, 3.05) is 25.5 Å². The molecule has 2 aromatic carbocycles. The summed E-state index contributed by atoms with van der Waals surface area (Å²) < 4.78 is 4.38. The third-order valence-electron chi connectivity index (χ3n) is 4.94. The average Bonchev–Trinajstić information content (AvgIpc) is 2.81. The largest absolute Gasteiger partial charge is 0.466 e. The van der Waals surface area contributed by atoms with Crippen LogP contribution in [0.25, 0.3) is 10.8 Å². The highest BCUT2D eigenvalue weighted by Crippen LogP contribution is 2.22. The second-order valence-electron chi connectivity index (χ2n) is 7.35. The molecule has 3 amide bonds. The number of anilines is 1. The van der Waals surface area contributed by atoms with Crippen molar-refractivity contribution >= 4 is 34.4 Å². The average molecular weight is 442 g/mol. The molecule has 8 nitrogen and oxygen atoms in total. The van der Waals surface area contributed by atoms with Gasteiger partial charge in [-0.3, -0.25) is 10.0 Å². The first kappa shape index (κ1) is 24.9. The van der Waals surface area contributed by atoms with E-state index in [0.29, 0.717) is 18.0 Å². The first-order valence-corrected chi connectivity index (χ1v) is 10.8. The number of methoxy groups -OCH3 is 1. The molecule has 0 aliphatic carbocycles. The summed E-state index contributed by atoms with van der Waals surface area (Å²) in [6, 6.07) is 13.5. The Bertz CT molecular complexity index is 923. The number of amides is 3. The number of nitrogens with one attached hydrogen (secondary N) is 2. The number of esters is 1. The molecule has 0 saturated carbocycles. The second kappa shape index (κ2) is 13.8. The van der Waals surface area contributed by atoms with Crippen molar-refractivity contribution in [2.24, 2.45) is 0 Å². The van der Waals surface area contributed by atoms with E-state index in [1.165, 1.54) is 7.11 Å². The molecule has 172 valence electrons. The summed E-state index contributed by atoms with van der Waals surface area (Å²) in [7, 11) is 1.21. The molecule has 2 aromatic rings. The molecule has 32 heavy (non-hydrogen) atoms. The Morgan fingerprint density at radius 3 is 2.41 bits per heavy atom. The summed E-state index contributed by atoms with van der Waals surface area (Å²) in [6.07, 6.45) is 7.34. The Balaban J connectivity index is 1.51. The first-order chi connectivity index (χ1) is 15.5. The molecule has 0 heterocycles. The highest BCUT2D eigenvalue weighted by molar-refractivity contribution is 6.01. The minimum absolute atomic E-state index is 0.209. The molecule has 8 heteroatoms. The van der Waals surface area contributed by atoms with Crippen LogP contribution in [0, 0.1) is 0 Å². The number of benzene rings is 2. The number of nitrogens with zero attached hydrogens (tertiary/aromatic N) is 1. The van der Waals surface area contributed by atoms with E-state index in [9.17, 15) is 19.6 Å². The predicted molar refractivity (Wildman–Crippen MR) is 123 cm³/mol. The molecule has 0 saturated heterocycles. The summed E-state index contributed by atoms with van der Waals surface area (Å²) in [5.41, 5.74) is 0.790. The molecule has 0 spiro atoms. The Labute approximate surface area is 188 Å². The topological polar surface area (TPSA) is 108 Å². The minimum atomic E-state index is -0.650. The Kier molecular flexibility index (Phi) is 10.7. The SMILES string of the molecule is COC(=O)/C=C/C(=O)N(O)CCCCCCCCNC(=O)Nc1cccc2ccccc12. The minimum Gasteiger partial charge on any atom is -0.466 e. The van der Waals surface area contributed by atoms with Crippen molar-refractivity contribution in [3.8, 4) is 0 Å². The maximum absolute atomic E-state index is 12.1. The summed E-state index contributed by atoms with van der Waals surface area (Å²) in [4.78, 5) is 34.6. The number of carbonyl (C=O) groups excluding carboxylic acids is 3. The van der Waals surface area contributed by atoms with E-state index in [1.807, 2.05) is 42.5 Å². The Morgan fingerprint density at radius 2 is 1.62 bits per heavy atom. The van der Waals surface area contributed by atoms with Gasteiger partial charge in [0.2, 0.25) is 0 Å². The molecule has 0 radical (unpaired) electrons. The van der Waals surface area contributed by atoms with E-state index in [0.717, 1.165) is 60.7 Å². The van der Waals surface area contributed by atoms with Crippen LogP contribution in [0.1, 0.15) is 38.5 Å². The first-order valence-electron chi connectivity index (χ1n) is 10.8. The number of hydrogen-bond donors (Lipinski definition) is 3. The predicted octanol–water partition coefficient (Wildman–Crippen LogP) is 4.25. The number of fused-ring (bicyclic) bond motifs is 1. The van der Waals surface area contributed by atoms with Gasteiger partial charge >= 0.3 is 12.0 Å². The van der Waals surface area contributed by atoms with Gasteiger partial charge in [-0.05, 0) is 24.3 Å². The van der Waals surface area contributed by atoms with Gasteiger partial charge in [0.15, 0.2) is 0 Å². The normalized spacial score (nSPS) is 10.8. The van der Waals surface area contributed by atoms with Gasteiger partial charge in [0.1, 0.15) is 0 Å². The lowest BCUT2D eigenvalue weighted by Gasteiger charge is -2.12. The van der Waals surface area contributed by atoms with Crippen molar-refractivity contribution < 1.29 is 24.3 Å². The van der Waals surface area contributed by atoms with Crippen LogP contribution in [0.4, 0.5) is 10.5 Å². The zero-order valence-corrected chi connectivity index (χ0v) is 18.4. The van der Waals surface area contributed by atoms with Crippen LogP contribution in [0.3, 0.4) is 0 Å². The number of ether oxygens (including phenoxy) is 1. The van der Waals surface area contributed by atoms with Gasteiger partial charge in [0, 0.05) is 30.6 Å². The number of urea groups is 1. The maximum atomic E-state index is 12.1. The van der Waals surface area contributed by atoms with E-state index >= 15 is 0 Å². The van der Waals surface area contributed by atoms with Gasteiger partial charge < -0.3 is 15.4 Å². The highest BCUT2D eigenvalue weighted by Gasteiger charge is 2.07. The smallest absolute Gasteiger partial charge is 0.330 e. The lowest BCUT2D eigenvalue weighted by atomic mass is 10.1. The van der Waals surface area contributed by atoms with Gasteiger partial charge in [-0.15, -0.1) is 0 Å².